The van der Waals surface area contributed by atoms with Gasteiger partial charge in [0.15, 0.2) is 12.5 Å². The summed E-state index contributed by atoms with van der Waals surface area (Å²) in [7, 11) is 1.67. The molecule has 5 nitrogen and oxygen atoms in total. The second-order valence-electron chi connectivity index (χ2n) is 7.01. The van der Waals surface area contributed by atoms with Gasteiger partial charge >= 0.3 is 0 Å². The van der Waals surface area contributed by atoms with Crippen LogP contribution in [0.4, 0.5) is 0 Å². The van der Waals surface area contributed by atoms with Gasteiger partial charge in [0.2, 0.25) is 4.77 Å². The second kappa shape index (κ2) is 8.43. The van der Waals surface area contributed by atoms with Crippen molar-refractivity contribution in [2.75, 3.05) is 13.7 Å². The summed E-state index contributed by atoms with van der Waals surface area (Å²) in [5, 5.41) is 7.07. The van der Waals surface area contributed by atoms with E-state index in [9.17, 15) is 0 Å². The molecule has 1 aliphatic rings. The number of hydrogen-bond donors (Lipinski definition) is 1. The van der Waals surface area contributed by atoms with Gasteiger partial charge in [-0.3, -0.25) is 4.57 Å². The van der Waals surface area contributed by atoms with Crippen LogP contribution in [0.3, 0.4) is 0 Å². The molecule has 0 amide bonds. The molecule has 0 saturated carbocycles. The minimum atomic E-state index is 0.538. The van der Waals surface area contributed by atoms with Crippen molar-refractivity contribution < 1.29 is 9.64 Å². The van der Waals surface area contributed by atoms with Crippen molar-refractivity contribution >= 4 is 23.6 Å². The zero-order valence-corrected chi connectivity index (χ0v) is 17.6. The molecule has 0 aliphatic carbocycles. The van der Waals surface area contributed by atoms with E-state index in [1.165, 1.54) is 22.6 Å². The van der Waals surface area contributed by atoms with Crippen molar-refractivity contribution in [3.8, 4) is 17.1 Å². The van der Waals surface area contributed by atoms with Crippen LogP contribution in [0.25, 0.3) is 11.4 Å². The fourth-order valence-corrected chi connectivity index (χ4v) is 5.10. The first-order valence-electron chi connectivity index (χ1n) is 9.52. The SMILES string of the molecule is C=CCn1c(-c2ccc(OC)cc2)nn(C[NH+]2CCC[C@H]2c2cccs2)c1=S. The largest absolute Gasteiger partial charge is 0.497 e. The summed E-state index contributed by atoms with van der Waals surface area (Å²) < 4.78 is 10.1. The summed E-state index contributed by atoms with van der Waals surface area (Å²) in [6.07, 6.45) is 4.33. The van der Waals surface area contributed by atoms with E-state index in [-0.39, 0.29) is 0 Å². The molecule has 1 unspecified atom stereocenters. The molecule has 3 aromatic rings. The first-order valence-corrected chi connectivity index (χ1v) is 10.8. The first kappa shape index (κ1) is 19.1. The van der Waals surface area contributed by atoms with Crippen LogP contribution in [0.15, 0.2) is 54.4 Å². The summed E-state index contributed by atoms with van der Waals surface area (Å²) in [6, 6.07) is 12.9. The third-order valence-electron chi connectivity index (χ3n) is 5.31. The number of ether oxygens (including phenoxy) is 1. The standard InChI is InChI=1S/C21H24N4OS2/c1-3-12-24-20(16-8-10-17(26-2)11-9-16)22-25(21(24)27)15-23-13-4-6-18(23)19-7-5-14-28-19/h3,5,7-11,14,18H,1,4,6,12-13,15H2,2H3/p+1/t18-/m0/s1. The Balaban J connectivity index is 1.66. The molecule has 1 aliphatic heterocycles. The van der Waals surface area contributed by atoms with E-state index in [1.54, 1.807) is 7.11 Å². The number of benzene rings is 1. The van der Waals surface area contributed by atoms with Crippen molar-refractivity contribution in [1.29, 1.82) is 0 Å². The number of allylic oxidation sites excluding steroid dienone is 1. The number of likely N-dealkylation sites (tertiary alicyclic amines) is 1. The van der Waals surface area contributed by atoms with Gasteiger partial charge in [-0.05, 0) is 47.9 Å². The highest BCUT2D eigenvalue weighted by atomic mass is 32.1. The third kappa shape index (κ3) is 3.70. The van der Waals surface area contributed by atoms with Gasteiger partial charge in [-0.25, -0.2) is 0 Å². The van der Waals surface area contributed by atoms with Crippen LogP contribution in [-0.2, 0) is 13.2 Å². The second-order valence-corrected chi connectivity index (χ2v) is 8.35. The average Bonchev–Trinajstić information content (AvgIpc) is 3.45. The molecule has 146 valence electrons. The van der Waals surface area contributed by atoms with Gasteiger partial charge < -0.3 is 9.64 Å². The highest BCUT2D eigenvalue weighted by molar-refractivity contribution is 7.71. The summed E-state index contributed by atoms with van der Waals surface area (Å²) in [5.74, 6) is 1.70. The predicted octanol–water partition coefficient (Wildman–Crippen LogP) is 3.71. The lowest BCUT2D eigenvalue weighted by Crippen LogP contribution is -3.09. The number of thiophene rings is 1. The van der Waals surface area contributed by atoms with Crippen molar-refractivity contribution in [3.05, 3.63) is 64.1 Å². The minimum absolute atomic E-state index is 0.538. The Labute approximate surface area is 174 Å². The molecule has 3 heterocycles. The van der Waals surface area contributed by atoms with Crippen LogP contribution < -0.4 is 9.64 Å². The maximum Gasteiger partial charge on any atom is 0.203 e. The van der Waals surface area contributed by atoms with Crippen LogP contribution in [0.2, 0.25) is 0 Å². The molecule has 0 bridgehead atoms. The highest BCUT2D eigenvalue weighted by Gasteiger charge is 2.31. The number of nitrogens with one attached hydrogen (secondary N) is 1. The molecule has 2 aromatic heterocycles. The molecule has 2 atom stereocenters. The van der Waals surface area contributed by atoms with Crippen molar-refractivity contribution in [2.45, 2.75) is 32.1 Å². The van der Waals surface area contributed by atoms with Gasteiger partial charge in [0.05, 0.1) is 18.5 Å². The van der Waals surface area contributed by atoms with Crippen LogP contribution in [0.5, 0.6) is 5.75 Å². The molecule has 1 fully saturated rings. The number of rotatable bonds is 7. The fourth-order valence-electron chi connectivity index (χ4n) is 3.92. The topological polar surface area (TPSA) is 36.4 Å². The molecular weight excluding hydrogens is 388 g/mol. The highest BCUT2D eigenvalue weighted by Crippen LogP contribution is 2.24. The van der Waals surface area contributed by atoms with Crippen molar-refractivity contribution in [1.82, 2.24) is 14.3 Å². The minimum Gasteiger partial charge on any atom is -0.497 e. The first-order chi connectivity index (χ1) is 13.7. The molecule has 7 heteroatoms. The van der Waals surface area contributed by atoms with Crippen LogP contribution in [0.1, 0.15) is 23.8 Å². The summed E-state index contributed by atoms with van der Waals surface area (Å²) in [4.78, 5) is 2.99. The van der Waals surface area contributed by atoms with E-state index in [1.807, 2.05) is 46.4 Å². The lowest BCUT2D eigenvalue weighted by molar-refractivity contribution is -0.941. The van der Waals surface area contributed by atoms with E-state index in [2.05, 4.69) is 28.7 Å². The number of quaternary nitrogens is 1. The van der Waals surface area contributed by atoms with Crippen LogP contribution in [-0.4, -0.2) is 28.0 Å². The van der Waals surface area contributed by atoms with Crippen LogP contribution >= 0.6 is 23.6 Å². The Hall–Kier alpha value is -2.22. The number of nitrogens with zero attached hydrogens (tertiary/aromatic N) is 3. The normalized spacial score (nSPS) is 19.0. The molecule has 1 N–H and O–H groups in total. The Morgan fingerprint density at radius 3 is 2.86 bits per heavy atom. The van der Waals surface area contributed by atoms with Gasteiger partial charge in [0.25, 0.3) is 0 Å². The molecular formula is C21H25N4OS2+. The zero-order chi connectivity index (χ0) is 19.5. The maximum absolute atomic E-state index is 5.78. The van der Waals surface area contributed by atoms with Crippen LogP contribution in [0, 0.1) is 4.77 Å². The summed E-state index contributed by atoms with van der Waals surface area (Å²) in [6.45, 7) is 6.47. The molecule has 28 heavy (non-hydrogen) atoms. The Kier molecular flexibility index (Phi) is 5.75. The number of hydrogen-bond acceptors (Lipinski definition) is 4. The monoisotopic (exact) mass is 413 g/mol. The molecule has 0 radical (unpaired) electrons. The molecule has 1 saturated heterocycles. The fraction of sp³-hybridized carbons (Fsp3) is 0.333. The summed E-state index contributed by atoms with van der Waals surface area (Å²) in [5.41, 5.74) is 1.03. The Bertz CT molecular complexity index is 989. The summed E-state index contributed by atoms with van der Waals surface area (Å²) >= 11 is 7.63. The van der Waals surface area contributed by atoms with E-state index in [0.29, 0.717) is 12.6 Å². The van der Waals surface area contributed by atoms with Crippen molar-refractivity contribution in [3.63, 3.8) is 0 Å². The number of methoxy groups -OCH3 is 1. The van der Waals surface area contributed by atoms with Crippen molar-refractivity contribution in [2.24, 2.45) is 0 Å². The van der Waals surface area contributed by atoms with E-state index in [4.69, 9.17) is 22.1 Å². The van der Waals surface area contributed by atoms with Gasteiger partial charge in [-0.15, -0.1) is 23.0 Å². The van der Waals surface area contributed by atoms with Gasteiger partial charge in [0, 0.05) is 24.9 Å². The molecule has 1 aromatic carbocycles. The van der Waals surface area contributed by atoms with Gasteiger partial charge in [0.1, 0.15) is 11.8 Å². The maximum atomic E-state index is 5.78. The van der Waals surface area contributed by atoms with Gasteiger partial charge in [-0.2, -0.15) is 4.68 Å². The average molecular weight is 414 g/mol. The van der Waals surface area contributed by atoms with E-state index < -0.39 is 0 Å². The third-order valence-corrected chi connectivity index (χ3v) is 6.72. The Morgan fingerprint density at radius 1 is 1.36 bits per heavy atom. The predicted molar refractivity (Wildman–Crippen MR) is 115 cm³/mol. The number of aromatic nitrogens is 3. The lowest BCUT2D eigenvalue weighted by Gasteiger charge is -2.20. The Morgan fingerprint density at radius 2 is 2.18 bits per heavy atom. The van der Waals surface area contributed by atoms with Gasteiger partial charge in [-0.1, -0.05) is 12.1 Å². The molecule has 0 spiro atoms. The lowest BCUT2D eigenvalue weighted by atomic mass is 10.2. The zero-order valence-electron chi connectivity index (χ0n) is 16.0. The quantitative estimate of drug-likeness (QED) is 0.474. The van der Waals surface area contributed by atoms with E-state index >= 15 is 0 Å². The molecule has 4 rings (SSSR count). The van der Waals surface area contributed by atoms with E-state index in [0.717, 1.165) is 35.1 Å². The smallest absolute Gasteiger partial charge is 0.203 e.